The summed E-state index contributed by atoms with van der Waals surface area (Å²) in [6, 6.07) is 14.0. The summed E-state index contributed by atoms with van der Waals surface area (Å²) >= 11 is 19.1. The number of aromatic nitrogens is 1. The summed E-state index contributed by atoms with van der Waals surface area (Å²) in [6.45, 7) is 0. The van der Waals surface area contributed by atoms with Gasteiger partial charge in [0, 0.05) is 20.6 Å². The monoisotopic (exact) mass is 633 g/mol. The summed E-state index contributed by atoms with van der Waals surface area (Å²) in [5.41, 5.74) is 0.158. The second-order valence-electron chi connectivity index (χ2n) is 8.39. The van der Waals surface area contributed by atoms with E-state index in [9.17, 15) is 28.0 Å². The van der Waals surface area contributed by atoms with Gasteiger partial charge in [0.15, 0.2) is 16.7 Å². The molecule has 1 unspecified atom stereocenters. The standard InChI is InChI=1S/C26H14Cl3N3O6S2/c27-14-3-1-13(2-4-14)23(33)21-22(18-10-5-15(28)11-19(18)29)32(25(35)24(21)34)26-30-12-20(39-26)40(37,38)17-8-6-16(31-36)7-9-17/h1-12,22,34H. The molecular formula is C26H14Cl3N3O6S2. The Kier molecular flexibility index (Phi) is 7.51. The van der Waals surface area contributed by atoms with Crippen LogP contribution < -0.4 is 4.90 Å². The van der Waals surface area contributed by atoms with Crippen molar-refractivity contribution in [2.45, 2.75) is 15.1 Å². The Labute approximate surface area is 246 Å². The van der Waals surface area contributed by atoms with Gasteiger partial charge >= 0.3 is 0 Å². The second kappa shape index (κ2) is 10.8. The van der Waals surface area contributed by atoms with Crippen molar-refractivity contribution >= 4 is 78.5 Å². The van der Waals surface area contributed by atoms with Crippen molar-refractivity contribution in [3.05, 3.63) is 115 Å². The van der Waals surface area contributed by atoms with Crippen LogP contribution in [-0.4, -0.2) is 30.2 Å². The zero-order chi connectivity index (χ0) is 28.8. The van der Waals surface area contributed by atoms with E-state index >= 15 is 0 Å². The van der Waals surface area contributed by atoms with Crippen LogP contribution in [-0.2, 0) is 14.6 Å². The van der Waals surface area contributed by atoms with Crippen molar-refractivity contribution < 1.29 is 23.1 Å². The van der Waals surface area contributed by atoms with Gasteiger partial charge in [0.2, 0.25) is 9.84 Å². The van der Waals surface area contributed by atoms with Crippen LogP contribution in [0.15, 0.2) is 98.5 Å². The van der Waals surface area contributed by atoms with Gasteiger partial charge < -0.3 is 5.11 Å². The fraction of sp³-hybridized carbons (Fsp3) is 0.0385. The number of amides is 1. The van der Waals surface area contributed by atoms with Crippen molar-refractivity contribution in [3.8, 4) is 0 Å². The van der Waals surface area contributed by atoms with Crippen LogP contribution in [0.5, 0.6) is 0 Å². The first kappa shape index (κ1) is 27.9. The number of thiazole rings is 1. The lowest BCUT2D eigenvalue weighted by atomic mass is 9.93. The number of rotatable bonds is 7. The molecule has 202 valence electrons. The van der Waals surface area contributed by atoms with Gasteiger partial charge in [0.05, 0.1) is 22.7 Å². The van der Waals surface area contributed by atoms with Crippen LogP contribution in [0.1, 0.15) is 22.0 Å². The summed E-state index contributed by atoms with van der Waals surface area (Å²) < 4.78 is 26.2. The van der Waals surface area contributed by atoms with Gasteiger partial charge in [-0.1, -0.05) is 52.2 Å². The van der Waals surface area contributed by atoms with E-state index in [-0.39, 0.29) is 41.6 Å². The highest BCUT2D eigenvalue weighted by atomic mass is 35.5. The van der Waals surface area contributed by atoms with E-state index in [1.807, 2.05) is 0 Å². The maximum atomic E-state index is 13.6. The summed E-state index contributed by atoms with van der Waals surface area (Å²) in [4.78, 5) is 42.8. The first-order valence-electron chi connectivity index (χ1n) is 11.2. The Hall–Kier alpha value is -3.61. The van der Waals surface area contributed by atoms with E-state index in [1.54, 1.807) is 0 Å². The minimum atomic E-state index is -4.10. The normalized spacial score (nSPS) is 15.5. The number of aliphatic hydroxyl groups is 1. The highest BCUT2D eigenvalue weighted by Gasteiger charge is 2.46. The predicted octanol–water partition coefficient (Wildman–Crippen LogP) is 7.12. The van der Waals surface area contributed by atoms with Gasteiger partial charge in [0.25, 0.3) is 5.91 Å². The number of carbonyl (C=O) groups is 2. The summed E-state index contributed by atoms with van der Waals surface area (Å²) in [6.07, 6.45) is 1.06. The molecule has 40 heavy (non-hydrogen) atoms. The second-order valence-corrected chi connectivity index (χ2v) is 12.9. The maximum absolute atomic E-state index is 13.6. The Morgan fingerprint density at radius 2 is 1.62 bits per heavy atom. The van der Waals surface area contributed by atoms with Crippen molar-refractivity contribution in [1.82, 2.24) is 4.98 Å². The quantitative estimate of drug-likeness (QED) is 0.169. The zero-order valence-corrected chi connectivity index (χ0v) is 23.7. The van der Waals surface area contributed by atoms with Gasteiger partial charge in [-0.3, -0.25) is 14.5 Å². The molecule has 3 aromatic carbocycles. The molecule has 0 radical (unpaired) electrons. The number of carbonyl (C=O) groups excluding carboxylic acids is 2. The van der Waals surface area contributed by atoms with Gasteiger partial charge in [-0.2, -0.15) is 0 Å². The first-order valence-corrected chi connectivity index (χ1v) is 14.6. The molecule has 0 saturated carbocycles. The Bertz CT molecular complexity index is 1820. The van der Waals surface area contributed by atoms with Gasteiger partial charge in [0.1, 0.15) is 9.90 Å². The molecule has 2 heterocycles. The largest absolute Gasteiger partial charge is 0.503 e. The lowest BCUT2D eigenvalue weighted by molar-refractivity contribution is -0.117. The third kappa shape index (κ3) is 4.91. The molecule has 0 fully saturated rings. The van der Waals surface area contributed by atoms with Gasteiger partial charge in [-0.15, -0.1) is 4.91 Å². The molecular weight excluding hydrogens is 621 g/mol. The van der Waals surface area contributed by atoms with E-state index in [1.165, 1.54) is 66.7 Å². The number of aliphatic hydroxyl groups excluding tert-OH is 1. The molecule has 0 saturated heterocycles. The molecule has 1 aromatic heterocycles. The van der Waals surface area contributed by atoms with Crippen LogP contribution in [0.2, 0.25) is 15.1 Å². The predicted molar refractivity (Wildman–Crippen MR) is 152 cm³/mol. The Morgan fingerprint density at radius 3 is 2.25 bits per heavy atom. The topological polar surface area (TPSA) is 134 Å². The average Bonchev–Trinajstić information content (AvgIpc) is 3.52. The summed E-state index contributed by atoms with van der Waals surface area (Å²) in [5.74, 6) is -2.49. The summed E-state index contributed by atoms with van der Waals surface area (Å²) in [5, 5.41) is 14.4. The van der Waals surface area contributed by atoms with Gasteiger partial charge in [-0.05, 0) is 71.4 Å². The number of benzene rings is 3. The highest BCUT2D eigenvalue weighted by Crippen LogP contribution is 2.46. The third-order valence-corrected chi connectivity index (χ3v) is 10.1. The molecule has 5 rings (SSSR count). The molecule has 4 aromatic rings. The van der Waals surface area contributed by atoms with Gasteiger partial charge in [-0.25, -0.2) is 13.4 Å². The third-order valence-electron chi connectivity index (χ3n) is 6.01. The number of Topliss-reactive ketones (excluding diaryl/α,β-unsaturated/α-hetero) is 1. The van der Waals surface area contributed by atoms with E-state index in [0.29, 0.717) is 21.4 Å². The first-order chi connectivity index (χ1) is 19.0. The maximum Gasteiger partial charge on any atom is 0.296 e. The molecule has 9 nitrogen and oxygen atoms in total. The summed E-state index contributed by atoms with van der Waals surface area (Å²) in [7, 11) is -4.10. The molecule has 1 amide bonds. The molecule has 1 aliphatic rings. The zero-order valence-electron chi connectivity index (χ0n) is 19.8. The molecule has 1 N–H and O–H groups in total. The van der Waals surface area contributed by atoms with Crippen molar-refractivity contribution in [3.63, 3.8) is 0 Å². The van der Waals surface area contributed by atoms with Crippen molar-refractivity contribution in [1.29, 1.82) is 0 Å². The Morgan fingerprint density at radius 1 is 0.975 bits per heavy atom. The van der Waals surface area contributed by atoms with Crippen LogP contribution >= 0.6 is 46.1 Å². The minimum absolute atomic E-state index is 0.0497. The molecule has 14 heteroatoms. The fourth-order valence-corrected chi connectivity index (χ4v) is 7.28. The number of anilines is 1. The van der Waals surface area contributed by atoms with E-state index in [0.717, 1.165) is 11.1 Å². The van der Waals surface area contributed by atoms with Crippen LogP contribution in [0, 0.1) is 4.91 Å². The number of sulfone groups is 1. The van der Waals surface area contributed by atoms with E-state index in [4.69, 9.17) is 34.8 Å². The average molecular weight is 635 g/mol. The number of halogens is 3. The molecule has 0 spiro atoms. The highest BCUT2D eigenvalue weighted by molar-refractivity contribution is 7.93. The molecule has 0 aliphatic carbocycles. The van der Waals surface area contributed by atoms with Crippen LogP contribution in [0.4, 0.5) is 10.8 Å². The van der Waals surface area contributed by atoms with Crippen molar-refractivity contribution in [2.24, 2.45) is 5.18 Å². The van der Waals surface area contributed by atoms with Crippen molar-refractivity contribution in [2.75, 3.05) is 4.90 Å². The minimum Gasteiger partial charge on any atom is -0.503 e. The number of nitrogens with zero attached hydrogens (tertiary/aromatic N) is 3. The SMILES string of the molecule is O=Nc1ccc(S(=O)(=O)c2cnc(N3C(=O)C(O)=C(C(=O)c4ccc(Cl)cc4)C3c3ccc(Cl)cc3Cl)s2)cc1. The molecule has 1 atom stereocenters. The number of nitroso groups, excluding NO2 is 1. The fourth-order valence-electron chi connectivity index (χ4n) is 4.10. The number of hydrogen-bond acceptors (Lipinski definition) is 9. The van der Waals surface area contributed by atoms with E-state index < -0.39 is 33.3 Å². The van der Waals surface area contributed by atoms with E-state index in [2.05, 4.69) is 10.2 Å². The van der Waals surface area contributed by atoms with Crippen LogP contribution in [0.3, 0.4) is 0 Å². The number of hydrogen-bond donors (Lipinski definition) is 1. The molecule has 1 aliphatic heterocycles. The molecule has 0 bridgehead atoms. The van der Waals surface area contributed by atoms with Crippen LogP contribution in [0.25, 0.3) is 0 Å². The Balaban J connectivity index is 1.62. The smallest absolute Gasteiger partial charge is 0.296 e. The lowest BCUT2D eigenvalue weighted by Crippen LogP contribution is -2.31. The number of ketones is 1. The lowest BCUT2D eigenvalue weighted by Gasteiger charge is -2.25.